The summed E-state index contributed by atoms with van der Waals surface area (Å²) in [5.41, 5.74) is 3.86. The van der Waals surface area contributed by atoms with Crippen molar-refractivity contribution in [2.75, 3.05) is 12.4 Å². The van der Waals surface area contributed by atoms with E-state index in [1.807, 2.05) is 7.05 Å². The number of nitrogens with one attached hydrogen (secondary N) is 1. The third-order valence-corrected chi connectivity index (χ3v) is 2.62. The SMILES string of the molecule is CNc1cccc2c(C)cc(C)cc12. The van der Waals surface area contributed by atoms with Crippen molar-refractivity contribution in [2.24, 2.45) is 0 Å². The van der Waals surface area contributed by atoms with Gasteiger partial charge in [0, 0.05) is 18.1 Å². The molecule has 0 heterocycles. The Kier molecular flexibility index (Phi) is 2.16. The van der Waals surface area contributed by atoms with Crippen molar-refractivity contribution >= 4 is 16.5 Å². The number of rotatable bonds is 1. The molecule has 1 heteroatoms. The monoisotopic (exact) mass is 185 g/mol. The Morgan fingerprint density at radius 1 is 1.00 bits per heavy atom. The van der Waals surface area contributed by atoms with Crippen molar-refractivity contribution in [3.8, 4) is 0 Å². The molecule has 0 aromatic heterocycles. The van der Waals surface area contributed by atoms with E-state index in [2.05, 4.69) is 49.5 Å². The minimum Gasteiger partial charge on any atom is -0.388 e. The first-order chi connectivity index (χ1) is 6.72. The minimum absolute atomic E-state index is 1.20. The van der Waals surface area contributed by atoms with Crippen LogP contribution in [0, 0.1) is 13.8 Å². The van der Waals surface area contributed by atoms with Gasteiger partial charge in [0.25, 0.3) is 0 Å². The normalized spacial score (nSPS) is 10.5. The van der Waals surface area contributed by atoms with Gasteiger partial charge in [0.15, 0.2) is 0 Å². The Bertz CT molecular complexity index is 472. The standard InChI is InChI=1S/C13H15N/c1-9-7-10(2)11-5-4-6-13(14-3)12(11)8-9/h4-8,14H,1-3H3. The minimum atomic E-state index is 1.20. The summed E-state index contributed by atoms with van der Waals surface area (Å²) in [5, 5.41) is 5.87. The molecule has 0 bridgehead atoms. The molecule has 1 nitrogen and oxygen atoms in total. The number of hydrogen-bond donors (Lipinski definition) is 1. The highest BCUT2D eigenvalue weighted by Crippen LogP contribution is 2.26. The smallest absolute Gasteiger partial charge is 0.0417 e. The maximum atomic E-state index is 3.22. The van der Waals surface area contributed by atoms with E-state index >= 15 is 0 Å². The molecule has 0 fully saturated rings. The molecule has 0 unspecified atom stereocenters. The summed E-state index contributed by atoms with van der Waals surface area (Å²) in [6.45, 7) is 4.30. The maximum absolute atomic E-state index is 3.22. The van der Waals surface area contributed by atoms with Crippen LogP contribution in [0.4, 0.5) is 5.69 Å². The third-order valence-electron chi connectivity index (χ3n) is 2.62. The molecule has 0 saturated heterocycles. The van der Waals surface area contributed by atoms with Crippen LogP contribution in [0.25, 0.3) is 10.8 Å². The van der Waals surface area contributed by atoms with Gasteiger partial charge >= 0.3 is 0 Å². The Balaban J connectivity index is 2.86. The van der Waals surface area contributed by atoms with E-state index in [-0.39, 0.29) is 0 Å². The van der Waals surface area contributed by atoms with E-state index in [0.717, 1.165) is 0 Å². The van der Waals surface area contributed by atoms with E-state index in [1.165, 1.54) is 27.6 Å². The first-order valence-electron chi connectivity index (χ1n) is 4.90. The van der Waals surface area contributed by atoms with Crippen LogP contribution in [0.1, 0.15) is 11.1 Å². The number of hydrogen-bond acceptors (Lipinski definition) is 1. The van der Waals surface area contributed by atoms with Crippen LogP contribution in [0.2, 0.25) is 0 Å². The predicted molar refractivity (Wildman–Crippen MR) is 63.0 cm³/mol. The van der Waals surface area contributed by atoms with E-state index in [9.17, 15) is 0 Å². The summed E-state index contributed by atoms with van der Waals surface area (Å²) in [6, 6.07) is 10.8. The fraction of sp³-hybridized carbons (Fsp3) is 0.231. The van der Waals surface area contributed by atoms with Crippen molar-refractivity contribution < 1.29 is 0 Å². The van der Waals surface area contributed by atoms with Gasteiger partial charge in [-0.25, -0.2) is 0 Å². The van der Waals surface area contributed by atoms with Crippen molar-refractivity contribution in [1.29, 1.82) is 0 Å². The molecule has 14 heavy (non-hydrogen) atoms. The summed E-state index contributed by atoms with van der Waals surface area (Å²) in [7, 11) is 1.96. The van der Waals surface area contributed by atoms with Gasteiger partial charge in [-0.3, -0.25) is 0 Å². The molecular weight excluding hydrogens is 170 g/mol. The fourth-order valence-corrected chi connectivity index (χ4v) is 1.97. The highest BCUT2D eigenvalue weighted by molar-refractivity contribution is 5.96. The Labute approximate surface area is 84.8 Å². The molecule has 0 amide bonds. The lowest BCUT2D eigenvalue weighted by Crippen LogP contribution is -1.90. The zero-order valence-corrected chi connectivity index (χ0v) is 8.89. The average Bonchev–Trinajstić information content (AvgIpc) is 2.17. The number of anilines is 1. The number of fused-ring (bicyclic) bond motifs is 1. The van der Waals surface area contributed by atoms with Crippen molar-refractivity contribution in [3.05, 3.63) is 41.5 Å². The van der Waals surface area contributed by atoms with Gasteiger partial charge in [0.1, 0.15) is 0 Å². The van der Waals surface area contributed by atoms with Gasteiger partial charge in [-0.15, -0.1) is 0 Å². The number of benzene rings is 2. The molecule has 2 aromatic rings. The molecule has 0 saturated carbocycles. The molecule has 0 aliphatic carbocycles. The lowest BCUT2D eigenvalue weighted by Gasteiger charge is -2.09. The second-order valence-electron chi connectivity index (χ2n) is 3.73. The third kappa shape index (κ3) is 1.35. The molecule has 2 aromatic carbocycles. The topological polar surface area (TPSA) is 12.0 Å². The van der Waals surface area contributed by atoms with Crippen molar-refractivity contribution in [2.45, 2.75) is 13.8 Å². The van der Waals surface area contributed by atoms with Crippen LogP contribution in [0.15, 0.2) is 30.3 Å². The second-order valence-corrected chi connectivity index (χ2v) is 3.73. The van der Waals surface area contributed by atoms with Crippen LogP contribution < -0.4 is 5.32 Å². The highest BCUT2D eigenvalue weighted by atomic mass is 14.8. The molecule has 0 radical (unpaired) electrons. The summed E-state index contributed by atoms with van der Waals surface area (Å²) in [6.07, 6.45) is 0. The quantitative estimate of drug-likeness (QED) is 0.717. The molecule has 0 spiro atoms. The van der Waals surface area contributed by atoms with Crippen LogP contribution in [-0.4, -0.2) is 7.05 Å². The van der Waals surface area contributed by atoms with Crippen molar-refractivity contribution in [1.82, 2.24) is 0 Å². The lowest BCUT2D eigenvalue weighted by atomic mass is 10.0. The van der Waals surface area contributed by atoms with E-state index in [4.69, 9.17) is 0 Å². The van der Waals surface area contributed by atoms with Gasteiger partial charge in [-0.1, -0.05) is 23.8 Å². The molecule has 2 rings (SSSR count). The van der Waals surface area contributed by atoms with Gasteiger partial charge in [0.2, 0.25) is 0 Å². The van der Waals surface area contributed by atoms with Crippen LogP contribution in [0.5, 0.6) is 0 Å². The molecular formula is C13H15N. The van der Waals surface area contributed by atoms with E-state index in [0.29, 0.717) is 0 Å². The summed E-state index contributed by atoms with van der Waals surface area (Å²) >= 11 is 0. The second kappa shape index (κ2) is 3.33. The van der Waals surface area contributed by atoms with Crippen LogP contribution >= 0.6 is 0 Å². The first-order valence-corrected chi connectivity index (χ1v) is 4.90. The summed E-state index contributed by atoms with van der Waals surface area (Å²) in [5.74, 6) is 0. The van der Waals surface area contributed by atoms with Gasteiger partial charge < -0.3 is 5.32 Å². The van der Waals surface area contributed by atoms with E-state index in [1.54, 1.807) is 0 Å². The molecule has 1 N–H and O–H groups in total. The molecule has 0 aliphatic rings. The molecule has 0 aliphatic heterocycles. The Morgan fingerprint density at radius 2 is 1.79 bits per heavy atom. The first kappa shape index (κ1) is 9.07. The Morgan fingerprint density at radius 3 is 2.50 bits per heavy atom. The zero-order valence-electron chi connectivity index (χ0n) is 8.89. The zero-order chi connectivity index (χ0) is 10.1. The molecule has 72 valence electrons. The Hall–Kier alpha value is -1.50. The largest absolute Gasteiger partial charge is 0.388 e. The van der Waals surface area contributed by atoms with Crippen LogP contribution in [0.3, 0.4) is 0 Å². The highest BCUT2D eigenvalue weighted by Gasteiger charge is 2.01. The van der Waals surface area contributed by atoms with Gasteiger partial charge in [-0.05, 0) is 36.9 Å². The number of aryl methyl sites for hydroxylation is 2. The lowest BCUT2D eigenvalue weighted by molar-refractivity contribution is 1.42. The van der Waals surface area contributed by atoms with Crippen LogP contribution in [-0.2, 0) is 0 Å². The van der Waals surface area contributed by atoms with E-state index < -0.39 is 0 Å². The van der Waals surface area contributed by atoms with Gasteiger partial charge in [0.05, 0.1) is 0 Å². The average molecular weight is 185 g/mol. The predicted octanol–water partition coefficient (Wildman–Crippen LogP) is 3.50. The summed E-state index contributed by atoms with van der Waals surface area (Å²) < 4.78 is 0. The maximum Gasteiger partial charge on any atom is 0.0417 e. The van der Waals surface area contributed by atoms with Crippen molar-refractivity contribution in [3.63, 3.8) is 0 Å². The fourth-order valence-electron chi connectivity index (χ4n) is 1.97. The molecule has 0 atom stereocenters. The van der Waals surface area contributed by atoms with Gasteiger partial charge in [-0.2, -0.15) is 0 Å². The summed E-state index contributed by atoms with van der Waals surface area (Å²) in [4.78, 5) is 0.